The Labute approximate surface area is 360 Å². The first kappa shape index (κ1) is 43.4. The molecular weight excluding hydrogens is 911 g/mol. The fraction of sp³-hybridized carbons (Fsp3) is 0. The van der Waals surface area contributed by atoms with E-state index in [2.05, 4.69) is 0 Å². The molecule has 0 bridgehead atoms. The van der Waals surface area contributed by atoms with Crippen molar-refractivity contribution in [3.63, 3.8) is 0 Å². The highest BCUT2D eigenvalue weighted by atomic mass is 32.2. The summed E-state index contributed by atoms with van der Waals surface area (Å²) in [6.45, 7) is 0. The Morgan fingerprint density at radius 1 is 0.323 bits per heavy atom. The lowest BCUT2D eigenvalue weighted by Gasteiger charge is -2.33. The lowest BCUT2D eigenvalue weighted by molar-refractivity contribution is 0.481. The molecule has 8 rings (SSSR count). The summed E-state index contributed by atoms with van der Waals surface area (Å²) in [7, 11) is -25.7. The van der Waals surface area contributed by atoms with Gasteiger partial charge in [-0.1, -0.05) is 140 Å². The van der Waals surface area contributed by atoms with Crippen LogP contribution in [0.5, 0.6) is 0 Å². The molecule has 18 heteroatoms. The van der Waals surface area contributed by atoms with Crippen molar-refractivity contribution in [1.82, 2.24) is 0 Å². The zero-order valence-electron chi connectivity index (χ0n) is 31.7. The van der Waals surface area contributed by atoms with Crippen molar-refractivity contribution in [3.05, 3.63) is 170 Å². The molecule has 62 heavy (non-hydrogen) atoms. The normalized spacial score (nSPS) is 12.7. The predicted molar refractivity (Wildman–Crippen MR) is 244 cm³/mol. The minimum absolute atomic E-state index is 0.109. The van der Waals surface area contributed by atoms with Crippen molar-refractivity contribution >= 4 is 110 Å². The van der Waals surface area contributed by atoms with Crippen LogP contribution in [0.4, 0.5) is 0 Å². The molecule has 8 aromatic carbocycles. The van der Waals surface area contributed by atoms with Gasteiger partial charge < -0.3 is 0 Å². The number of fused-ring (bicyclic) bond motifs is 2. The summed E-state index contributed by atoms with van der Waals surface area (Å²) < 4.78 is 150. The number of benzene rings is 8. The Balaban J connectivity index is 1.73. The average Bonchev–Trinajstić information content (AvgIpc) is 3.23. The molecule has 0 heterocycles. The molecule has 0 amide bonds. The van der Waals surface area contributed by atoms with Gasteiger partial charge in [-0.3, -0.25) is 18.2 Å². The van der Waals surface area contributed by atoms with Crippen molar-refractivity contribution in [3.8, 4) is 11.1 Å². The monoisotopic (exact) mass is 942 g/mol. The van der Waals surface area contributed by atoms with Gasteiger partial charge in [-0.2, -0.15) is 33.7 Å². The molecule has 314 valence electrons. The van der Waals surface area contributed by atoms with Gasteiger partial charge in [0.15, 0.2) is 0 Å². The van der Waals surface area contributed by atoms with Crippen LogP contribution in [-0.4, -0.2) is 51.9 Å². The van der Waals surface area contributed by atoms with Gasteiger partial charge in [-0.25, -0.2) is 0 Å². The Kier molecular flexibility index (Phi) is 11.5. The van der Waals surface area contributed by atoms with Crippen LogP contribution in [0.3, 0.4) is 0 Å². The molecule has 0 aliphatic rings. The van der Waals surface area contributed by atoms with E-state index in [0.717, 1.165) is 29.7 Å². The van der Waals surface area contributed by atoms with Crippen LogP contribution in [0, 0.1) is 0 Å². The van der Waals surface area contributed by atoms with E-state index >= 15 is 0 Å². The molecule has 0 aliphatic heterocycles. The van der Waals surface area contributed by atoms with Crippen LogP contribution in [-0.2, 0) is 40.5 Å². The van der Waals surface area contributed by atoms with E-state index in [-0.39, 0.29) is 31.8 Å². The first-order valence-corrected chi connectivity index (χ1v) is 26.7. The summed E-state index contributed by atoms with van der Waals surface area (Å²) >= 11 is 0. The van der Waals surface area contributed by atoms with Gasteiger partial charge in [0.05, 0.1) is 0 Å². The zero-order chi connectivity index (χ0) is 44.2. The zero-order valence-corrected chi connectivity index (χ0v) is 36.8. The van der Waals surface area contributed by atoms with E-state index in [0.29, 0.717) is 27.3 Å². The van der Waals surface area contributed by atoms with Crippen molar-refractivity contribution < 1.29 is 51.9 Å². The highest BCUT2D eigenvalue weighted by Crippen LogP contribution is 2.48. The largest absolute Gasteiger partial charge is 0.295 e. The third-order valence-corrected chi connectivity index (χ3v) is 19.7. The van der Waals surface area contributed by atoms with E-state index in [1.807, 2.05) is 24.3 Å². The Morgan fingerprint density at radius 2 is 0.661 bits per heavy atom. The Hall–Kier alpha value is -5.22. The molecule has 0 saturated carbocycles. The average molecular weight is 943 g/mol. The predicted octanol–water partition coefficient (Wildman–Crippen LogP) is 6.16. The van der Waals surface area contributed by atoms with E-state index < -0.39 is 75.9 Å². The molecule has 0 spiro atoms. The molecule has 8 aromatic rings. The highest BCUT2D eigenvalue weighted by molar-refractivity contribution is 7.92. The van der Waals surface area contributed by atoms with Gasteiger partial charge >= 0.3 is 0 Å². The first-order valence-electron chi connectivity index (χ1n) is 18.3. The molecule has 0 radical (unpaired) electrons. The van der Waals surface area contributed by atoms with Crippen LogP contribution >= 0.6 is 15.8 Å². The van der Waals surface area contributed by atoms with Crippen molar-refractivity contribution in [2.75, 3.05) is 0 Å². The second-order valence-corrected chi connectivity index (χ2v) is 23.6. The van der Waals surface area contributed by atoms with E-state index in [1.165, 1.54) is 72.8 Å². The molecule has 0 atom stereocenters. The van der Waals surface area contributed by atoms with Crippen LogP contribution in [0.15, 0.2) is 189 Å². The summed E-state index contributed by atoms with van der Waals surface area (Å²) in [6.07, 6.45) is 0. The fourth-order valence-corrected chi connectivity index (χ4v) is 18.0. The summed E-state index contributed by atoms with van der Waals surface area (Å²) in [5, 5.41) is 2.40. The number of rotatable bonds is 11. The molecule has 12 nitrogen and oxygen atoms in total. The molecule has 0 unspecified atom stereocenters. The number of hydrogen-bond acceptors (Lipinski definition) is 8. The van der Waals surface area contributed by atoms with Crippen molar-refractivity contribution in [2.24, 2.45) is 0 Å². The third-order valence-electron chi connectivity index (χ3n) is 10.1. The van der Waals surface area contributed by atoms with Gasteiger partial charge in [0, 0.05) is 26.5 Å². The summed E-state index contributed by atoms with van der Waals surface area (Å²) in [5.41, 5.74) is 0.927. The molecular formula is C44H32O12P2S4. The van der Waals surface area contributed by atoms with Gasteiger partial charge in [-0.05, 0) is 84.2 Å². The molecule has 4 N–H and O–H groups in total. The summed E-state index contributed by atoms with van der Waals surface area (Å²) in [6, 6.07) is 42.9. The minimum Gasteiger partial charge on any atom is -0.282 e. The minimum atomic E-state index is -5.10. The maximum Gasteiger partial charge on any atom is 0.295 e. The van der Waals surface area contributed by atoms with E-state index in [9.17, 15) is 51.9 Å². The topological polar surface area (TPSA) is 217 Å². The summed E-state index contributed by atoms with van der Waals surface area (Å²) in [5.74, 6) is 0. The van der Waals surface area contributed by atoms with Gasteiger partial charge in [-0.15, -0.1) is 0 Å². The molecule has 0 aliphatic carbocycles. The maximum atomic E-state index is 13.4. The Bertz CT molecular complexity index is 3410. The van der Waals surface area contributed by atoms with Crippen LogP contribution < -0.4 is 31.8 Å². The molecule has 0 aromatic heterocycles. The van der Waals surface area contributed by atoms with Gasteiger partial charge in [0.25, 0.3) is 40.5 Å². The number of hydrogen-bond donors (Lipinski definition) is 4. The van der Waals surface area contributed by atoms with Crippen LogP contribution in [0.25, 0.3) is 32.7 Å². The van der Waals surface area contributed by atoms with E-state index in [4.69, 9.17) is 0 Å². The highest BCUT2D eigenvalue weighted by Gasteiger charge is 2.38. The van der Waals surface area contributed by atoms with Crippen LogP contribution in [0.1, 0.15) is 0 Å². The lowest BCUT2D eigenvalue weighted by Crippen LogP contribution is -2.39. The van der Waals surface area contributed by atoms with Gasteiger partial charge in [0.1, 0.15) is 19.6 Å². The quantitative estimate of drug-likeness (QED) is 0.0847. The third kappa shape index (κ3) is 8.23. The van der Waals surface area contributed by atoms with Gasteiger partial charge in [0.2, 0.25) is 0 Å². The Morgan fingerprint density at radius 3 is 1.10 bits per heavy atom. The SMILES string of the molecule is O=S(=O)(O)c1ccccc1P(c1ccccc1S(=O)(=O)O)c1cc2ccccc2c(-c2cccc3ccccc23)c1P(c1ccccc1S(=O)(=O)O)c1ccccc1S(=O)(=O)O. The standard InChI is InChI=1S/C44H32O12P2S4/c45-59(46,47)39-24-9-5-20-34(39)57(35-21-6-10-25-40(35)60(48,49)50)38-28-30-15-2-4-18-32(30)43(33-19-13-16-29-14-1-3-17-31(29)33)44(38)58(36-22-7-11-26-41(36)61(51,52)53)37-23-8-12-27-42(37)62(54,55)56/h1-28H,(H,45,46,47)(H,48,49,50)(H,51,52,53)(H,54,55,56). The van der Waals surface area contributed by atoms with Crippen molar-refractivity contribution in [1.29, 1.82) is 0 Å². The maximum absolute atomic E-state index is 13.4. The molecule has 0 saturated heterocycles. The lowest BCUT2D eigenvalue weighted by atomic mass is 9.94. The van der Waals surface area contributed by atoms with Crippen molar-refractivity contribution in [2.45, 2.75) is 19.6 Å². The second kappa shape index (κ2) is 16.5. The first-order chi connectivity index (χ1) is 29.4. The summed E-state index contributed by atoms with van der Waals surface area (Å²) in [4.78, 5) is -2.44. The molecule has 0 fully saturated rings. The smallest absolute Gasteiger partial charge is 0.282 e. The fourth-order valence-electron chi connectivity index (χ4n) is 7.63. The van der Waals surface area contributed by atoms with Crippen LogP contribution in [0.2, 0.25) is 0 Å². The van der Waals surface area contributed by atoms with E-state index in [1.54, 1.807) is 48.5 Å². The second-order valence-electron chi connectivity index (χ2n) is 13.8.